The highest BCUT2D eigenvalue weighted by molar-refractivity contribution is 7.71. The second-order valence-electron chi connectivity index (χ2n) is 4.93. The van der Waals surface area contributed by atoms with Crippen LogP contribution in [0.3, 0.4) is 0 Å². The van der Waals surface area contributed by atoms with Crippen LogP contribution in [0, 0.1) is 10.7 Å². The van der Waals surface area contributed by atoms with Crippen LogP contribution in [0.5, 0.6) is 0 Å². The summed E-state index contributed by atoms with van der Waals surface area (Å²) in [4.78, 5) is 12.8. The zero-order valence-electron chi connectivity index (χ0n) is 11.5. The average molecular weight is 310 g/mol. The Morgan fingerprint density at radius 3 is 3.05 bits per heavy atom. The number of hydrogen-bond donors (Lipinski definition) is 2. The van der Waals surface area contributed by atoms with Crippen molar-refractivity contribution in [3.05, 3.63) is 22.3 Å². The van der Waals surface area contributed by atoms with Gasteiger partial charge in [-0.1, -0.05) is 19.9 Å². The number of amides is 1. The zero-order valence-corrected chi connectivity index (χ0v) is 13.2. The van der Waals surface area contributed by atoms with Crippen molar-refractivity contribution >= 4 is 29.5 Å². The first-order chi connectivity index (χ1) is 9.58. The summed E-state index contributed by atoms with van der Waals surface area (Å²) in [5.41, 5.74) is 0. The molecular weight excluding hydrogens is 292 g/mol. The number of nitrogens with zero attached hydrogens (tertiary/aromatic N) is 2. The smallest absolute Gasteiger partial charge is 0.221 e. The molecule has 0 aliphatic rings. The minimum atomic E-state index is 0.0407. The third-order valence-corrected chi connectivity index (χ3v) is 3.95. The minimum absolute atomic E-state index is 0.0407. The van der Waals surface area contributed by atoms with E-state index in [9.17, 15) is 4.79 Å². The highest BCUT2D eigenvalue weighted by atomic mass is 32.1. The summed E-state index contributed by atoms with van der Waals surface area (Å²) in [6, 6.07) is 3.96. The Hall–Kier alpha value is -1.47. The van der Waals surface area contributed by atoms with Gasteiger partial charge >= 0.3 is 0 Å². The van der Waals surface area contributed by atoms with Gasteiger partial charge in [-0.2, -0.15) is 5.10 Å². The van der Waals surface area contributed by atoms with Crippen molar-refractivity contribution < 1.29 is 4.79 Å². The summed E-state index contributed by atoms with van der Waals surface area (Å²) in [6.45, 7) is 5.38. The fourth-order valence-electron chi connectivity index (χ4n) is 1.74. The first kappa shape index (κ1) is 14.9. The molecule has 20 heavy (non-hydrogen) atoms. The number of aromatic amines is 1. The third kappa shape index (κ3) is 3.77. The van der Waals surface area contributed by atoms with Crippen LogP contribution < -0.4 is 5.32 Å². The average Bonchev–Trinajstić information content (AvgIpc) is 3.03. The van der Waals surface area contributed by atoms with Crippen LogP contribution in [0.2, 0.25) is 0 Å². The molecule has 0 aliphatic heterocycles. The normalized spacial score (nSPS) is 10.9. The first-order valence-corrected chi connectivity index (χ1v) is 7.82. The van der Waals surface area contributed by atoms with Gasteiger partial charge in [0, 0.05) is 19.5 Å². The maximum absolute atomic E-state index is 11.8. The lowest BCUT2D eigenvalue weighted by molar-refractivity contribution is -0.121. The van der Waals surface area contributed by atoms with Crippen LogP contribution in [-0.2, 0) is 11.3 Å². The van der Waals surface area contributed by atoms with Crippen LogP contribution in [0.15, 0.2) is 17.5 Å². The maximum Gasteiger partial charge on any atom is 0.221 e. The fraction of sp³-hybridized carbons (Fsp3) is 0.462. The van der Waals surface area contributed by atoms with Gasteiger partial charge in [-0.3, -0.25) is 14.5 Å². The Bertz CT molecular complexity index is 613. The Labute approximate surface area is 127 Å². The number of carbonyl (C=O) groups excluding carboxylic acids is 1. The summed E-state index contributed by atoms with van der Waals surface area (Å²) in [7, 11) is 0. The van der Waals surface area contributed by atoms with Gasteiger partial charge in [-0.05, 0) is 29.6 Å². The highest BCUT2D eigenvalue weighted by Gasteiger charge is 2.11. The van der Waals surface area contributed by atoms with Crippen LogP contribution in [-0.4, -0.2) is 27.2 Å². The summed E-state index contributed by atoms with van der Waals surface area (Å²) >= 11 is 6.82. The molecule has 2 N–H and O–H groups in total. The molecule has 0 saturated carbocycles. The van der Waals surface area contributed by atoms with Gasteiger partial charge < -0.3 is 5.32 Å². The largest absolute Gasteiger partial charge is 0.356 e. The molecular formula is C13H18N4OS2. The summed E-state index contributed by atoms with van der Waals surface area (Å²) in [6.07, 6.45) is 0.402. The lowest BCUT2D eigenvalue weighted by atomic mass is 10.2. The number of aromatic nitrogens is 3. The van der Waals surface area contributed by atoms with Gasteiger partial charge in [0.05, 0.1) is 4.88 Å². The summed E-state index contributed by atoms with van der Waals surface area (Å²) in [5.74, 6) is 1.29. The number of nitrogens with one attached hydrogen (secondary N) is 2. The predicted molar refractivity (Wildman–Crippen MR) is 83.2 cm³/mol. The van der Waals surface area contributed by atoms with Crippen LogP contribution in [0.1, 0.15) is 20.3 Å². The molecule has 5 nitrogen and oxygen atoms in total. The number of H-pyrrole nitrogens is 1. The van der Waals surface area contributed by atoms with E-state index in [1.807, 2.05) is 22.1 Å². The topological polar surface area (TPSA) is 62.7 Å². The Morgan fingerprint density at radius 1 is 1.60 bits per heavy atom. The Morgan fingerprint density at radius 2 is 2.40 bits per heavy atom. The van der Waals surface area contributed by atoms with E-state index in [-0.39, 0.29) is 5.91 Å². The molecule has 0 spiro atoms. The monoisotopic (exact) mass is 310 g/mol. The van der Waals surface area contributed by atoms with E-state index in [2.05, 4.69) is 29.4 Å². The summed E-state index contributed by atoms with van der Waals surface area (Å²) < 4.78 is 2.42. The molecule has 2 aromatic heterocycles. The van der Waals surface area contributed by atoms with E-state index in [0.717, 1.165) is 10.7 Å². The zero-order chi connectivity index (χ0) is 14.5. The Balaban J connectivity index is 2.01. The van der Waals surface area contributed by atoms with Gasteiger partial charge in [0.2, 0.25) is 5.91 Å². The quantitative estimate of drug-likeness (QED) is 0.807. The van der Waals surface area contributed by atoms with Crippen molar-refractivity contribution in [1.82, 2.24) is 20.1 Å². The number of carbonyl (C=O) groups is 1. The van der Waals surface area contributed by atoms with Crippen molar-refractivity contribution in [2.45, 2.75) is 26.8 Å². The highest BCUT2D eigenvalue weighted by Crippen LogP contribution is 2.22. The van der Waals surface area contributed by atoms with Crippen molar-refractivity contribution in [2.75, 3.05) is 6.54 Å². The first-order valence-electron chi connectivity index (χ1n) is 6.53. The van der Waals surface area contributed by atoms with E-state index in [1.54, 1.807) is 11.3 Å². The molecule has 0 bridgehead atoms. The standard InChI is InChI=1S/C13H18N4OS2/c1-9(2)8-14-11(18)5-6-17-12(15-16-13(17)19)10-4-3-7-20-10/h3-4,7,9H,5-6,8H2,1-2H3,(H,14,18)(H,16,19). The van der Waals surface area contributed by atoms with Crippen LogP contribution in [0.25, 0.3) is 10.7 Å². The molecule has 7 heteroatoms. The van der Waals surface area contributed by atoms with E-state index in [0.29, 0.717) is 30.2 Å². The lowest BCUT2D eigenvalue weighted by Crippen LogP contribution is -2.28. The summed E-state index contributed by atoms with van der Waals surface area (Å²) in [5, 5.41) is 11.9. The maximum atomic E-state index is 11.8. The second kappa shape index (κ2) is 6.81. The van der Waals surface area contributed by atoms with Crippen molar-refractivity contribution in [3.8, 4) is 10.7 Å². The van der Waals surface area contributed by atoms with Gasteiger partial charge in [-0.15, -0.1) is 11.3 Å². The van der Waals surface area contributed by atoms with E-state index in [4.69, 9.17) is 12.2 Å². The number of rotatable bonds is 6. The molecule has 0 aliphatic carbocycles. The predicted octanol–water partition coefficient (Wildman–Crippen LogP) is 2.83. The van der Waals surface area contributed by atoms with Crippen LogP contribution in [0.4, 0.5) is 0 Å². The molecule has 0 radical (unpaired) electrons. The number of hydrogen-bond acceptors (Lipinski definition) is 4. The molecule has 108 valence electrons. The number of thiophene rings is 1. The molecule has 0 aromatic carbocycles. The SMILES string of the molecule is CC(C)CNC(=O)CCn1c(-c2cccs2)n[nH]c1=S. The lowest BCUT2D eigenvalue weighted by Gasteiger charge is -2.08. The van der Waals surface area contributed by atoms with Gasteiger partial charge in [0.15, 0.2) is 10.6 Å². The second-order valence-corrected chi connectivity index (χ2v) is 6.26. The van der Waals surface area contributed by atoms with Gasteiger partial charge in [0.1, 0.15) is 0 Å². The molecule has 0 unspecified atom stereocenters. The fourth-order valence-corrected chi connectivity index (χ4v) is 2.68. The molecule has 2 rings (SSSR count). The molecule has 2 aromatic rings. The van der Waals surface area contributed by atoms with Crippen molar-refractivity contribution in [1.29, 1.82) is 0 Å². The molecule has 0 atom stereocenters. The molecule has 1 amide bonds. The van der Waals surface area contributed by atoms with Crippen LogP contribution >= 0.6 is 23.6 Å². The van der Waals surface area contributed by atoms with E-state index < -0.39 is 0 Å². The van der Waals surface area contributed by atoms with E-state index >= 15 is 0 Å². The van der Waals surface area contributed by atoms with Gasteiger partial charge in [0.25, 0.3) is 0 Å². The molecule has 2 heterocycles. The van der Waals surface area contributed by atoms with Crippen molar-refractivity contribution in [3.63, 3.8) is 0 Å². The minimum Gasteiger partial charge on any atom is -0.356 e. The molecule has 0 saturated heterocycles. The van der Waals surface area contributed by atoms with Crippen molar-refractivity contribution in [2.24, 2.45) is 5.92 Å². The third-order valence-electron chi connectivity index (χ3n) is 2.77. The van der Waals surface area contributed by atoms with E-state index in [1.165, 1.54) is 0 Å². The molecule has 0 fully saturated rings. The Kier molecular flexibility index (Phi) is 5.08. The van der Waals surface area contributed by atoms with Gasteiger partial charge in [-0.25, -0.2) is 0 Å².